The van der Waals surface area contributed by atoms with Crippen LogP contribution >= 0.6 is 0 Å². The van der Waals surface area contributed by atoms with Gasteiger partial charge in [0.2, 0.25) is 0 Å². The highest BCUT2D eigenvalue weighted by Gasteiger charge is 2.36. The van der Waals surface area contributed by atoms with Gasteiger partial charge < -0.3 is 0 Å². The summed E-state index contributed by atoms with van der Waals surface area (Å²) in [5.41, 5.74) is -2.73. The summed E-state index contributed by atoms with van der Waals surface area (Å²) in [7, 11) is 0. The van der Waals surface area contributed by atoms with Crippen LogP contribution in [-0.2, 0) is 6.18 Å². The van der Waals surface area contributed by atoms with Gasteiger partial charge in [0.25, 0.3) is 0 Å². The van der Waals surface area contributed by atoms with E-state index in [0.717, 1.165) is 12.1 Å². The molecule has 92 valence electrons. The molecule has 0 unspecified atom stereocenters. The van der Waals surface area contributed by atoms with E-state index in [0.29, 0.717) is 6.08 Å². The lowest BCUT2D eigenvalue weighted by atomic mass is 9.99. The predicted molar refractivity (Wildman–Crippen MR) is 55.3 cm³/mol. The highest BCUT2D eigenvalue weighted by molar-refractivity contribution is 5.66. The lowest BCUT2D eigenvalue weighted by Gasteiger charge is -2.14. The van der Waals surface area contributed by atoms with Gasteiger partial charge in [-0.2, -0.15) is 23.7 Å². The van der Waals surface area contributed by atoms with E-state index in [1.54, 1.807) is 0 Å². The summed E-state index contributed by atoms with van der Waals surface area (Å²) in [6, 6.07) is 4.64. The average molecular weight is 254 g/mol. The summed E-state index contributed by atoms with van der Waals surface area (Å²) in [5, 5.41) is 17.0. The summed E-state index contributed by atoms with van der Waals surface area (Å²) in [5.74, 6) is -1.13. The Kier molecular flexibility index (Phi) is 3.73. The van der Waals surface area contributed by atoms with E-state index in [-0.39, 0.29) is 5.56 Å². The number of halogens is 4. The van der Waals surface area contributed by atoms with Crippen molar-refractivity contribution in [1.29, 1.82) is 10.5 Å². The van der Waals surface area contributed by atoms with E-state index in [4.69, 9.17) is 10.5 Å². The van der Waals surface area contributed by atoms with Crippen LogP contribution in [0.2, 0.25) is 0 Å². The Bertz CT molecular complexity index is 570. The van der Waals surface area contributed by atoms with Gasteiger partial charge in [0.15, 0.2) is 0 Å². The molecule has 0 aliphatic heterocycles. The first kappa shape index (κ1) is 13.7. The van der Waals surface area contributed by atoms with Gasteiger partial charge in [-0.1, -0.05) is 6.07 Å². The second-order valence-electron chi connectivity index (χ2n) is 3.43. The Balaban J connectivity index is 3.64. The van der Waals surface area contributed by atoms with E-state index in [2.05, 4.69) is 0 Å². The van der Waals surface area contributed by atoms with Crippen molar-refractivity contribution in [3.8, 4) is 12.1 Å². The maximum absolute atomic E-state index is 13.4. The first-order valence-corrected chi connectivity index (χ1v) is 4.69. The highest BCUT2D eigenvalue weighted by Crippen LogP contribution is 2.36. The molecule has 0 heterocycles. The molecule has 2 nitrogen and oxygen atoms in total. The molecule has 1 aromatic rings. The molecule has 0 fully saturated rings. The standard InChI is InChI=1S/C12H6F4N2/c1-7-2-3-10(13)9(4-8(5-17)6-18)11(7)12(14,15)16/h2-4H,1H3. The van der Waals surface area contributed by atoms with Gasteiger partial charge in [-0.25, -0.2) is 4.39 Å². The molecule has 0 aliphatic carbocycles. The van der Waals surface area contributed by atoms with Crippen molar-refractivity contribution >= 4 is 6.08 Å². The van der Waals surface area contributed by atoms with Gasteiger partial charge in [-0.3, -0.25) is 0 Å². The SMILES string of the molecule is Cc1ccc(F)c(C=C(C#N)C#N)c1C(F)(F)F. The molecule has 0 amide bonds. The predicted octanol–water partition coefficient (Wildman–Crippen LogP) is 3.58. The third kappa shape index (κ3) is 2.67. The van der Waals surface area contributed by atoms with Gasteiger partial charge >= 0.3 is 6.18 Å². The van der Waals surface area contributed by atoms with Crippen molar-refractivity contribution in [2.75, 3.05) is 0 Å². The number of rotatable bonds is 1. The Morgan fingerprint density at radius 3 is 2.22 bits per heavy atom. The van der Waals surface area contributed by atoms with Crippen molar-refractivity contribution in [2.24, 2.45) is 0 Å². The van der Waals surface area contributed by atoms with Gasteiger partial charge in [0.1, 0.15) is 23.5 Å². The van der Waals surface area contributed by atoms with Crippen LogP contribution < -0.4 is 0 Å². The van der Waals surface area contributed by atoms with Crippen LogP contribution in [0.15, 0.2) is 17.7 Å². The van der Waals surface area contributed by atoms with Crippen LogP contribution in [-0.4, -0.2) is 0 Å². The normalized spacial score (nSPS) is 10.4. The monoisotopic (exact) mass is 254 g/mol. The Morgan fingerprint density at radius 2 is 1.78 bits per heavy atom. The minimum Gasteiger partial charge on any atom is -0.206 e. The molecule has 0 aliphatic rings. The molecular formula is C12H6F4N2. The minimum atomic E-state index is -4.76. The molecular weight excluding hydrogens is 248 g/mol. The smallest absolute Gasteiger partial charge is 0.206 e. The van der Waals surface area contributed by atoms with Gasteiger partial charge in [-0.15, -0.1) is 0 Å². The van der Waals surface area contributed by atoms with Crippen LogP contribution in [0.3, 0.4) is 0 Å². The Morgan fingerprint density at radius 1 is 1.22 bits per heavy atom. The fraction of sp³-hybridized carbons (Fsp3) is 0.167. The zero-order valence-electron chi connectivity index (χ0n) is 9.14. The second kappa shape index (κ2) is 4.89. The zero-order valence-corrected chi connectivity index (χ0v) is 9.14. The average Bonchev–Trinajstić information content (AvgIpc) is 2.28. The summed E-state index contributed by atoms with van der Waals surface area (Å²) in [6.07, 6.45) is -4.15. The van der Waals surface area contributed by atoms with Crippen molar-refractivity contribution in [2.45, 2.75) is 13.1 Å². The summed E-state index contributed by atoms with van der Waals surface area (Å²) >= 11 is 0. The molecule has 0 aromatic heterocycles. The van der Waals surface area contributed by atoms with Crippen molar-refractivity contribution < 1.29 is 17.6 Å². The summed E-state index contributed by atoms with van der Waals surface area (Å²) in [4.78, 5) is 0. The number of nitriles is 2. The van der Waals surface area contributed by atoms with E-state index >= 15 is 0 Å². The van der Waals surface area contributed by atoms with Gasteiger partial charge in [0, 0.05) is 5.56 Å². The number of benzene rings is 1. The van der Waals surface area contributed by atoms with Crippen molar-refractivity contribution in [3.05, 3.63) is 40.2 Å². The van der Waals surface area contributed by atoms with Crippen LogP contribution in [0.4, 0.5) is 17.6 Å². The maximum Gasteiger partial charge on any atom is 0.417 e. The topological polar surface area (TPSA) is 47.6 Å². The van der Waals surface area contributed by atoms with E-state index < -0.39 is 28.7 Å². The molecule has 0 radical (unpaired) electrons. The van der Waals surface area contributed by atoms with E-state index in [1.165, 1.54) is 19.1 Å². The number of hydrogen-bond donors (Lipinski definition) is 0. The third-order valence-corrected chi connectivity index (χ3v) is 2.21. The fourth-order valence-electron chi connectivity index (χ4n) is 1.45. The molecule has 0 atom stereocenters. The van der Waals surface area contributed by atoms with Crippen LogP contribution in [0.5, 0.6) is 0 Å². The minimum absolute atomic E-state index is 0.176. The molecule has 18 heavy (non-hydrogen) atoms. The quantitative estimate of drug-likeness (QED) is 0.568. The zero-order chi connectivity index (χ0) is 13.9. The second-order valence-corrected chi connectivity index (χ2v) is 3.43. The molecule has 0 bridgehead atoms. The number of aryl methyl sites for hydroxylation is 1. The van der Waals surface area contributed by atoms with Crippen LogP contribution in [0.1, 0.15) is 16.7 Å². The van der Waals surface area contributed by atoms with Crippen LogP contribution in [0.25, 0.3) is 6.08 Å². The molecule has 0 saturated heterocycles. The largest absolute Gasteiger partial charge is 0.417 e. The Hall–Kier alpha value is -2.34. The lowest BCUT2D eigenvalue weighted by Crippen LogP contribution is -2.11. The number of allylic oxidation sites excluding steroid dienone is 1. The van der Waals surface area contributed by atoms with Crippen molar-refractivity contribution in [1.82, 2.24) is 0 Å². The summed E-state index contributed by atoms with van der Waals surface area (Å²) in [6.45, 7) is 1.18. The Labute approximate surface area is 100 Å². The molecule has 6 heteroatoms. The molecule has 1 rings (SSSR count). The fourth-order valence-corrected chi connectivity index (χ4v) is 1.45. The molecule has 0 N–H and O–H groups in total. The number of nitrogens with zero attached hydrogens (tertiary/aromatic N) is 2. The first-order valence-electron chi connectivity index (χ1n) is 4.69. The van der Waals surface area contributed by atoms with E-state index in [9.17, 15) is 17.6 Å². The number of alkyl halides is 3. The third-order valence-electron chi connectivity index (χ3n) is 2.21. The van der Waals surface area contributed by atoms with Gasteiger partial charge in [-0.05, 0) is 24.6 Å². The lowest BCUT2D eigenvalue weighted by molar-refractivity contribution is -0.138. The molecule has 0 saturated carbocycles. The van der Waals surface area contributed by atoms with Crippen molar-refractivity contribution in [3.63, 3.8) is 0 Å². The number of hydrogen-bond acceptors (Lipinski definition) is 2. The summed E-state index contributed by atoms with van der Waals surface area (Å²) < 4.78 is 51.8. The van der Waals surface area contributed by atoms with Gasteiger partial charge in [0.05, 0.1) is 5.56 Å². The highest BCUT2D eigenvalue weighted by atomic mass is 19.4. The first-order chi connectivity index (χ1) is 8.31. The van der Waals surface area contributed by atoms with Crippen LogP contribution in [0, 0.1) is 35.4 Å². The maximum atomic E-state index is 13.4. The van der Waals surface area contributed by atoms with E-state index in [1.807, 2.05) is 0 Å². The molecule has 0 spiro atoms. The molecule has 1 aromatic carbocycles.